The fraction of sp³-hybridized carbons (Fsp3) is 0.179. The van der Waals surface area contributed by atoms with Gasteiger partial charge in [0.1, 0.15) is 5.54 Å². The van der Waals surface area contributed by atoms with Crippen molar-refractivity contribution in [2.45, 2.75) is 18.0 Å². The monoisotopic (exact) mass is 507 g/mol. The number of non-ortho nitro benzene ring substituents is 1. The van der Waals surface area contributed by atoms with E-state index in [1.165, 1.54) is 24.3 Å². The first-order valence-electron chi connectivity index (χ1n) is 12.3. The molecule has 2 saturated heterocycles. The fourth-order valence-electron chi connectivity index (χ4n) is 6.47. The summed E-state index contributed by atoms with van der Waals surface area (Å²) < 4.78 is 0. The number of nitrogens with zero attached hydrogens (tertiary/aromatic N) is 2. The van der Waals surface area contributed by atoms with Gasteiger partial charge in [0.25, 0.3) is 5.69 Å². The average molecular weight is 508 g/mol. The predicted octanol–water partition coefficient (Wildman–Crippen LogP) is 3.24. The van der Waals surface area contributed by atoms with E-state index in [0.29, 0.717) is 17.7 Å². The molecule has 0 saturated carbocycles. The van der Waals surface area contributed by atoms with Crippen LogP contribution in [0, 0.1) is 22.0 Å². The van der Waals surface area contributed by atoms with Crippen molar-refractivity contribution in [3.05, 3.63) is 100 Å². The van der Waals surface area contributed by atoms with Gasteiger partial charge < -0.3 is 10.3 Å². The summed E-state index contributed by atoms with van der Waals surface area (Å²) in [5.41, 5.74) is 1.55. The SMILES string of the molecule is O=C1[C@@H]2[C@H](Cc3c[nH]c4ccccc34)N[C@@]3(C(=O)Nc4ccccc43)[C@@H]2C(=O)N1c1cccc([N+](=O)[O-])c1. The maximum Gasteiger partial charge on any atom is 0.271 e. The van der Waals surface area contributed by atoms with Crippen LogP contribution in [0.25, 0.3) is 10.9 Å². The summed E-state index contributed by atoms with van der Waals surface area (Å²) in [5, 5.41) is 18.7. The first-order valence-corrected chi connectivity index (χ1v) is 12.3. The number of rotatable bonds is 4. The second-order valence-electron chi connectivity index (χ2n) is 9.91. The minimum absolute atomic E-state index is 0.122. The lowest BCUT2D eigenvalue weighted by molar-refractivity contribution is -0.384. The average Bonchev–Trinajstić information content (AvgIpc) is 3.63. The maximum atomic E-state index is 14.1. The van der Waals surface area contributed by atoms with Gasteiger partial charge in [-0.1, -0.05) is 42.5 Å². The van der Waals surface area contributed by atoms with Gasteiger partial charge in [0.2, 0.25) is 17.7 Å². The molecule has 7 rings (SSSR count). The highest BCUT2D eigenvalue weighted by Gasteiger charge is 2.70. The maximum absolute atomic E-state index is 14.1. The van der Waals surface area contributed by atoms with E-state index in [0.717, 1.165) is 21.4 Å². The number of para-hydroxylation sites is 2. The molecule has 188 valence electrons. The molecule has 3 aliphatic rings. The number of amides is 3. The molecule has 2 fully saturated rings. The molecule has 4 atom stereocenters. The number of H-pyrrole nitrogens is 1. The van der Waals surface area contributed by atoms with Crippen molar-refractivity contribution >= 4 is 45.7 Å². The van der Waals surface area contributed by atoms with Crippen LogP contribution in [0.2, 0.25) is 0 Å². The molecule has 3 amide bonds. The van der Waals surface area contributed by atoms with Gasteiger partial charge in [-0.25, -0.2) is 4.90 Å². The molecule has 1 aromatic heterocycles. The summed E-state index contributed by atoms with van der Waals surface area (Å²) in [6.45, 7) is 0. The normalized spacial score (nSPS) is 25.7. The molecule has 0 bridgehead atoms. The first kappa shape index (κ1) is 22.4. The molecule has 4 heterocycles. The number of hydrogen-bond acceptors (Lipinski definition) is 6. The van der Waals surface area contributed by atoms with E-state index in [4.69, 9.17) is 0 Å². The number of nitrogens with one attached hydrogen (secondary N) is 3. The number of aromatic nitrogens is 1. The number of benzene rings is 3. The Hall–Kier alpha value is -4.83. The zero-order valence-electron chi connectivity index (χ0n) is 19.9. The van der Waals surface area contributed by atoms with Crippen LogP contribution in [0.1, 0.15) is 11.1 Å². The molecule has 4 aromatic rings. The summed E-state index contributed by atoms with van der Waals surface area (Å²) in [5.74, 6) is -3.30. The number of nitro benzene ring substituents is 1. The second kappa shape index (κ2) is 7.83. The molecule has 0 radical (unpaired) electrons. The predicted molar refractivity (Wildman–Crippen MR) is 138 cm³/mol. The Morgan fingerprint density at radius 3 is 2.58 bits per heavy atom. The van der Waals surface area contributed by atoms with Crippen LogP contribution < -0.4 is 15.5 Å². The van der Waals surface area contributed by atoms with Gasteiger partial charge in [-0.05, 0) is 30.2 Å². The van der Waals surface area contributed by atoms with Crippen LogP contribution in [0.5, 0.6) is 0 Å². The Kier molecular flexibility index (Phi) is 4.61. The molecule has 3 N–H and O–H groups in total. The van der Waals surface area contributed by atoms with Gasteiger partial charge in [-0.15, -0.1) is 0 Å². The summed E-state index contributed by atoms with van der Waals surface area (Å²) in [6, 6.07) is 19.9. The largest absolute Gasteiger partial charge is 0.361 e. The van der Waals surface area contributed by atoms with Crippen molar-refractivity contribution in [2.24, 2.45) is 11.8 Å². The lowest BCUT2D eigenvalue weighted by Crippen LogP contribution is -2.53. The van der Waals surface area contributed by atoms with Crippen LogP contribution in [0.15, 0.2) is 79.0 Å². The molecular weight excluding hydrogens is 486 g/mol. The molecule has 10 nitrogen and oxygen atoms in total. The van der Waals surface area contributed by atoms with Crippen molar-refractivity contribution in [2.75, 3.05) is 10.2 Å². The Labute approximate surface area is 215 Å². The summed E-state index contributed by atoms with van der Waals surface area (Å²) in [4.78, 5) is 56.8. The van der Waals surface area contributed by atoms with E-state index in [1.807, 2.05) is 30.5 Å². The molecule has 38 heavy (non-hydrogen) atoms. The molecule has 0 aliphatic carbocycles. The second-order valence-corrected chi connectivity index (χ2v) is 9.91. The van der Waals surface area contributed by atoms with Crippen LogP contribution in [-0.2, 0) is 26.3 Å². The topological polar surface area (TPSA) is 137 Å². The number of fused-ring (bicyclic) bond motifs is 5. The Balaban J connectivity index is 1.37. The highest BCUT2D eigenvalue weighted by atomic mass is 16.6. The molecule has 3 aliphatic heterocycles. The molecular formula is C28H21N5O5. The van der Waals surface area contributed by atoms with E-state index in [1.54, 1.807) is 24.3 Å². The zero-order chi connectivity index (χ0) is 26.2. The Morgan fingerprint density at radius 2 is 1.74 bits per heavy atom. The summed E-state index contributed by atoms with van der Waals surface area (Å²) in [6.07, 6.45) is 2.28. The number of carbonyl (C=O) groups is 3. The molecule has 10 heteroatoms. The van der Waals surface area contributed by atoms with E-state index < -0.39 is 46.1 Å². The fourth-order valence-corrected chi connectivity index (χ4v) is 6.47. The number of hydrogen-bond donors (Lipinski definition) is 3. The molecule has 1 spiro atoms. The van der Waals surface area contributed by atoms with Crippen molar-refractivity contribution in [3.63, 3.8) is 0 Å². The lowest BCUT2D eigenvalue weighted by atomic mass is 9.76. The minimum atomic E-state index is -1.44. The number of aromatic amines is 1. The van der Waals surface area contributed by atoms with Crippen LogP contribution >= 0.6 is 0 Å². The number of imide groups is 1. The zero-order valence-corrected chi connectivity index (χ0v) is 19.9. The van der Waals surface area contributed by atoms with Gasteiger partial charge >= 0.3 is 0 Å². The third kappa shape index (κ3) is 2.88. The van der Waals surface area contributed by atoms with Crippen molar-refractivity contribution in [1.82, 2.24) is 10.3 Å². The van der Waals surface area contributed by atoms with Gasteiger partial charge in [0.15, 0.2) is 0 Å². The number of anilines is 2. The summed E-state index contributed by atoms with van der Waals surface area (Å²) >= 11 is 0. The first-order chi connectivity index (χ1) is 18.4. The van der Waals surface area contributed by atoms with Crippen LogP contribution in [-0.4, -0.2) is 33.7 Å². The minimum Gasteiger partial charge on any atom is -0.361 e. The third-order valence-electron chi connectivity index (χ3n) is 8.04. The molecule has 0 unspecified atom stereocenters. The van der Waals surface area contributed by atoms with Crippen molar-refractivity contribution in [3.8, 4) is 0 Å². The summed E-state index contributed by atoms with van der Waals surface area (Å²) in [7, 11) is 0. The van der Waals surface area contributed by atoms with Gasteiger partial charge in [0.05, 0.1) is 22.4 Å². The van der Waals surface area contributed by atoms with Gasteiger partial charge in [-0.2, -0.15) is 0 Å². The van der Waals surface area contributed by atoms with Gasteiger partial charge in [0, 0.05) is 46.5 Å². The Bertz CT molecular complexity index is 1700. The third-order valence-corrected chi connectivity index (χ3v) is 8.04. The quantitative estimate of drug-likeness (QED) is 0.220. The van der Waals surface area contributed by atoms with E-state index in [9.17, 15) is 24.5 Å². The van der Waals surface area contributed by atoms with Crippen molar-refractivity contribution in [1.29, 1.82) is 0 Å². The molecule has 3 aromatic carbocycles. The van der Waals surface area contributed by atoms with Gasteiger partial charge in [-0.3, -0.25) is 29.8 Å². The highest BCUT2D eigenvalue weighted by molar-refractivity contribution is 6.26. The number of nitro groups is 1. The van der Waals surface area contributed by atoms with E-state index >= 15 is 0 Å². The van der Waals surface area contributed by atoms with Crippen LogP contribution in [0.3, 0.4) is 0 Å². The lowest BCUT2D eigenvalue weighted by Gasteiger charge is -2.29. The standard InChI is InChI=1S/C28H21N5O5/c34-25-23-22(12-15-14-29-20-10-3-1-8-18(15)20)31-28(19-9-2-4-11-21(19)30-27(28)36)24(23)26(35)32(25)16-6-5-7-17(13-16)33(37)38/h1-11,13-14,22-24,29,31H,12H2,(H,30,36)/t22-,23+,24-,28+/m0/s1. The highest BCUT2D eigenvalue weighted by Crippen LogP contribution is 2.54. The number of carbonyl (C=O) groups excluding carboxylic acids is 3. The van der Waals surface area contributed by atoms with Crippen LogP contribution in [0.4, 0.5) is 17.1 Å². The van der Waals surface area contributed by atoms with E-state index in [2.05, 4.69) is 15.6 Å². The smallest absolute Gasteiger partial charge is 0.271 e. The Morgan fingerprint density at radius 1 is 0.947 bits per heavy atom. The van der Waals surface area contributed by atoms with Crippen molar-refractivity contribution < 1.29 is 19.3 Å². The van der Waals surface area contributed by atoms with E-state index in [-0.39, 0.29) is 11.4 Å².